The van der Waals surface area contributed by atoms with Crippen LogP contribution in [-0.4, -0.2) is 41.1 Å². The molecule has 5 nitrogen and oxygen atoms in total. The molecule has 154 valence electrons. The van der Waals surface area contributed by atoms with Crippen LogP contribution in [0.1, 0.15) is 39.9 Å². The van der Waals surface area contributed by atoms with Crippen LogP contribution in [0, 0.1) is 32.6 Å². The predicted octanol–water partition coefficient (Wildman–Crippen LogP) is 3.45. The summed E-state index contributed by atoms with van der Waals surface area (Å²) in [5.74, 6) is -1.44. The molecular formula is C25H26N2O3. The maximum atomic E-state index is 13.6. The van der Waals surface area contributed by atoms with Crippen LogP contribution in [0.5, 0.6) is 0 Å². The summed E-state index contributed by atoms with van der Waals surface area (Å²) in [6.07, 6.45) is 1.81. The van der Waals surface area contributed by atoms with Gasteiger partial charge in [0.15, 0.2) is 5.78 Å². The number of fused-ring (bicyclic) bond motifs is 3. The lowest BCUT2D eigenvalue weighted by Crippen LogP contribution is -2.46. The van der Waals surface area contributed by atoms with Gasteiger partial charge in [-0.25, -0.2) is 4.90 Å². The van der Waals surface area contributed by atoms with Crippen LogP contribution in [-0.2, 0) is 9.59 Å². The molecule has 3 saturated heterocycles. The zero-order valence-corrected chi connectivity index (χ0v) is 17.6. The van der Waals surface area contributed by atoms with Crippen molar-refractivity contribution >= 4 is 23.3 Å². The number of imide groups is 1. The molecule has 5 heteroatoms. The summed E-state index contributed by atoms with van der Waals surface area (Å²) in [4.78, 5) is 44.1. The average molecular weight is 402 g/mol. The van der Waals surface area contributed by atoms with Gasteiger partial charge in [0.25, 0.3) is 0 Å². The summed E-state index contributed by atoms with van der Waals surface area (Å²) in [6.45, 7) is 6.67. The Morgan fingerprint density at radius 3 is 2.27 bits per heavy atom. The Morgan fingerprint density at radius 2 is 1.57 bits per heavy atom. The zero-order valence-electron chi connectivity index (χ0n) is 17.6. The van der Waals surface area contributed by atoms with Crippen LogP contribution in [0.3, 0.4) is 0 Å². The van der Waals surface area contributed by atoms with Crippen molar-refractivity contribution in [3.63, 3.8) is 0 Å². The second kappa shape index (κ2) is 6.88. The highest BCUT2D eigenvalue weighted by atomic mass is 16.2. The van der Waals surface area contributed by atoms with E-state index in [2.05, 4.69) is 4.90 Å². The molecule has 2 aromatic carbocycles. The van der Waals surface area contributed by atoms with E-state index in [9.17, 15) is 14.4 Å². The van der Waals surface area contributed by atoms with Gasteiger partial charge < -0.3 is 0 Å². The van der Waals surface area contributed by atoms with E-state index in [1.165, 1.54) is 4.90 Å². The van der Waals surface area contributed by atoms with Gasteiger partial charge in [-0.05, 0) is 51.8 Å². The Bertz CT molecular complexity index is 1060. The molecule has 3 aliphatic heterocycles. The van der Waals surface area contributed by atoms with Gasteiger partial charge in [0, 0.05) is 11.6 Å². The molecule has 0 aromatic heterocycles. The number of ketones is 1. The first kappa shape index (κ1) is 19.2. The Kier molecular flexibility index (Phi) is 4.40. The van der Waals surface area contributed by atoms with Gasteiger partial charge in [-0.3, -0.25) is 19.3 Å². The molecule has 0 bridgehead atoms. The molecule has 0 aliphatic carbocycles. The number of hydrogen-bond acceptors (Lipinski definition) is 4. The third kappa shape index (κ3) is 2.68. The fourth-order valence-electron chi connectivity index (χ4n) is 5.70. The Balaban J connectivity index is 1.56. The third-order valence-electron chi connectivity index (χ3n) is 7.05. The van der Waals surface area contributed by atoms with Crippen molar-refractivity contribution < 1.29 is 14.4 Å². The van der Waals surface area contributed by atoms with Crippen LogP contribution in [0.4, 0.5) is 5.69 Å². The van der Waals surface area contributed by atoms with E-state index in [4.69, 9.17) is 0 Å². The third-order valence-corrected chi connectivity index (χ3v) is 7.05. The number of Topliss-reactive ketones (excluding diaryl/α,β-unsaturated/α-hetero) is 1. The van der Waals surface area contributed by atoms with Crippen molar-refractivity contribution in [2.45, 2.75) is 45.7 Å². The highest BCUT2D eigenvalue weighted by Gasteiger charge is 2.64. The number of anilines is 1. The van der Waals surface area contributed by atoms with Gasteiger partial charge in [0.05, 0.1) is 23.6 Å². The molecule has 0 saturated carbocycles. The van der Waals surface area contributed by atoms with E-state index >= 15 is 0 Å². The minimum absolute atomic E-state index is 0.0263. The van der Waals surface area contributed by atoms with Crippen LogP contribution in [0.25, 0.3) is 0 Å². The first-order valence-electron chi connectivity index (χ1n) is 10.7. The van der Waals surface area contributed by atoms with E-state index in [0.717, 1.165) is 36.1 Å². The van der Waals surface area contributed by atoms with E-state index in [1.807, 2.05) is 63.2 Å². The lowest BCUT2D eigenvalue weighted by molar-refractivity contribution is -0.123. The smallest absolute Gasteiger partial charge is 0.239 e. The van der Waals surface area contributed by atoms with E-state index in [0.29, 0.717) is 11.3 Å². The number of aryl methyl sites for hydroxylation is 3. The maximum absolute atomic E-state index is 13.6. The summed E-state index contributed by atoms with van der Waals surface area (Å²) in [5.41, 5.74) is 4.34. The molecule has 0 N–H and O–H groups in total. The number of hydrogen-bond donors (Lipinski definition) is 0. The van der Waals surface area contributed by atoms with Gasteiger partial charge in [0.1, 0.15) is 0 Å². The number of carbonyl (C=O) groups is 3. The van der Waals surface area contributed by atoms with Crippen LogP contribution in [0.15, 0.2) is 42.5 Å². The van der Waals surface area contributed by atoms with Crippen molar-refractivity contribution in [2.24, 2.45) is 11.8 Å². The standard InChI is InChI=1S/C25H26N2O3/c1-14-6-9-17(10-7-14)23(28)22-21-20(19-5-4-12-26(19)22)24(29)27(25(21)30)18-11-8-15(2)13-16(18)3/h6-11,13,19-22H,4-5,12H2,1-3H3/t19-,20-,21+,22-/m0/s1. The molecule has 0 spiro atoms. The first-order valence-corrected chi connectivity index (χ1v) is 10.7. The van der Waals surface area contributed by atoms with Crippen LogP contribution < -0.4 is 4.90 Å². The van der Waals surface area contributed by atoms with Crippen molar-refractivity contribution in [3.8, 4) is 0 Å². The topological polar surface area (TPSA) is 57.7 Å². The molecule has 2 aromatic rings. The summed E-state index contributed by atoms with van der Waals surface area (Å²) >= 11 is 0. The average Bonchev–Trinajstić information content (AvgIpc) is 3.35. The van der Waals surface area contributed by atoms with Crippen molar-refractivity contribution in [2.75, 3.05) is 11.4 Å². The summed E-state index contributed by atoms with van der Waals surface area (Å²) in [7, 11) is 0. The lowest BCUT2D eigenvalue weighted by atomic mass is 9.85. The van der Waals surface area contributed by atoms with Crippen molar-refractivity contribution in [1.82, 2.24) is 4.90 Å². The Morgan fingerprint density at radius 1 is 0.900 bits per heavy atom. The second-order valence-corrected chi connectivity index (χ2v) is 8.98. The fourth-order valence-corrected chi connectivity index (χ4v) is 5.70. The fraction of sp³-hybridized carbons (Fsp3) is 0.400. The molecule has 3 heterocycles. The molecule has 4 atom stereocenters. The molecule has 30 heavy (non-hydrogen) atoms. The van der Waals surface area contributed by atoms with E-state index in [-0.39, 0.29) is 23.6 Å². The Hall–Kier alpha value is -2.79. The quantitative estimate of drug-likeness (QED) is 0.583. The number of nitrogens with zero attached hydrogens (tertiary/aromatic N) is 2. The minimum atomic E-state index is -0.600. The lowest BCUT2D eigenvalue weighted by Gasteiger charge is -2.28. The van der Waals surface area contributed by atoms with Gasteiger partial charge >= 0.3 is 0 Å². The monoisotopic (exact) mass is 402 g/mol. The van der Waals surface area contributed by atoms with E-state index < -0.39 is 17.9 Å². The molecule has 0 unspecified atom stereocenters. The SMILES string of the molecule is Cc1ccc(C(=O)[C@@H]2[C@@H]3C(=O)N(c4ccc(C)cc4C)C(=O)[C@H]3[C@@H]3CCCN23)cc1. The van der Waals surface area contributed by atoms with Crippen LogP contribution in [0.2, 0.25) is 0 Å². The number of rotatable bonds is 3. The highest BCUT2D eigenvalue weighted by molar-refractivity contribution is 6.24. The van der Waals surface area contributed by atoms with Gasteiger partial charge in [-0.1, -0.05) is 47.5 Å². The van der Waals surface area contributed by atoms with Crippen molar-refractivity contribution in [3.05, 3.63) is 64.7 Å². The van der Waals surface area contributed by atoms with Crippen LogP contribution >= 0.6 is 0 Å². The Labute approximate surface area is 176 Å². The summed E-state index contributed by atoms with van der Waals surface area (Å²) in [6, 6.07) is 12.7. The molecule has 2 amide bonds. The maximum Gasteiger partial charge on any atom is 0.239 e. The number of benzene rings is 2. The first-order chi connectivity index (χ1) is 14.4. The molecule has 3 aliphatic rings. The second-order valence-electron chi connectivity index (χ2n) is 8.98. The molecule has 3 fully saturated rings. The molecular weight excluding hydrogens is 376 g/mol. The number of carbonyl (C=O) groups excluding carboxylic acids is 3. The largest absolute Gasteiger partial charge is 0.292 e. The number of amides is 2. The summed E-state index contributed by atoms with van der Waals surface area (Å²) < 4.78 is 0. The molecule has 5 rings (SSSR count). The molecule has 0 radical (unpaired) electrons. The highest BCUT2D eigenvalue weighted by Crippen LogP contribution is 2.48. The predicted molar refractivity (Wildman–Crippen MR) is 114 cm³/mol. The van der Waals surface area contributed by atoms with Gasteiger partial charge in [0.2, 0.25) is 11.8 Å². The minimum Gasteiger partial charge on any atom is -0.292 e. The summed E-state index contributed by atoms with van der Waals surface area (Å²) in [5, 5.41) is 0. The zero-order chi connectivity index (χ0) is 21.2. The van der Waals surface area contributed by atoms with Crippen molar-refractivity contribution in [1.29, 1.82) is 0 Å². The van der Waals surface area contributed by atoms with Gasteiger partial charge in [-0.2, -0.15) is 0 Å². The van der Waals surface area contributed by atoms with Gasteiger partial charge in [-0.15, -0.1) is 0 Å². The van der Waals surface area contributed by atoms with E-state index in [1.54, 1.807) is 0 Å². The normalized spacial score (nSPS) is 28.2.